The highest BCUT2D eigenvalue weighted by Crippen LogP contribution is 2.25. The van der Waals surface area contributed by atoms with Crippen LogP contribution in [0.5, 0.6) is 0 Å². The van der Waals surface area contributed by atoms with Crippen molar-refractivity contribution in [3.63, 3.8) is 0 Å². The molecule has 0 aliphatic rings. The second kappa shape index (κ2) is 7.57. The molecule has 9 heteroatoms. The van der Waals surface area contributed by atoms with Crippen LogP contribution in [0.1, 0.15) is 10.4 Å². The van der Waals surface area contributed by atoms with Gasteiger partial charge in [-0.1, -0.05) is 18.2 Å². The van der Waals surface area contributed by atoms with E-state index >= 15 is 0 Å². The number of carbonyl (C=O) groups excluding carboxylic acids is 2. The Labute approximate surface area is 162 Å². The predicted octanol–water partition coefficient (Wildman–Crippen LogP) is 2.97. The number of aromatic nitrogens is 3. The summed E-state index contributed by atoms with van der Waals surface area (Å²) in [6.07, 6.45) is 0. The van der Waals surface area contributed by atoms with Gasteiger partial charge in [-0.2, -0.15) is 4.98 Å². The maximum absolute atomic E-state index is 13.1. The molecule has 0 spiro atoms. The molecule has 0 radical (unpaired) electrons. The molecule has 2 aromatic carbocycles. The summed E-state index contributed by atoms with van der Waals surface area (Å²) in [7, 11) is 0. The SMILES string of the molecule is O=C(CNC(=O)c1ccccc1)Nc1nc2scc(-c3ccc(F)cc3)n2n1. The van der Waals surface area contributed by atoms with E-state index in [9.17, 15) is 14.0 Å². The van der Waals surface area contributed by atoms with E-state index in [0.717, 1.165) is 11.3 Å². The van der Waals surface area contributed by atoms with Crippen molar-refractivity contribution in [2.75, 3.05) is 11.9 Å². The first-order valence-electron chi connectivity index (χ1n) is 8.33. The van der Waals surface area contributed by atoms with Crippen LogP contribution in [-0.4, -0.2) is 33.0 Å². The third-order valence-electron chi connectivity index (χ3n) is 3.92. The summed E-state index contributed by atoms with van der Waals surface area (Å²) in [6.45, 7) is -0.203. The maximum atomic E-state index is 13.1. The van der Waals surface area contributed by atoms with E-state index in [1.807, 2.05) is 5.38 Å². The number of halogens is 1. The molecule has 7 nitrogen and oxygen atoms in total. The van der Waals surface area contributed by atoms with Crippen molar-refractivity contribution in [2.45, 2.75) is 0 Å². The fraction of sp³-hybridized carbons (Fsp3) is 0.0526. The number of hydrogen-bond donors (Lipinski definition) is 2. The smallest absolute Gasteiger partial charge is 0.251 e. The van der Waals surface area contributed by atoms with Gasteiger partial charge in [0.15, 0.2) is 0 Å². The molecular weight excluding hydrogens is 381 g/mol. The zero-order valence-electron chi connectivity index (χ0n) is 14.4. The average Bonchev–Trinajstić information content (AvgIpc) is 3.28. The zero-order chi connectivity index (χ0) is 19.5. The summed E-state index contributed by atoms with van der Waals surface area (Å²) >= 11 is 1.35. The van der Waals surface area contributed by atoms with Crippen molar-refractivity contribution in [1.29, 1.82) is 0 Å². The topological polar surface area (TPSA) is 88.4 Å². The number of nitrogens with zero attached hydrogens (tertiary/aromatic N) is 3. The molecular formula is C19H14FN5O2S. The number of nitrogens with one attached hydrogen (secondary N) is 2. The molecule has 4 rings (SSSR count). The Morgan fingerprint density at radius 3 is 2.57 bits per heavy atom. The molecule has 2 amide bonds. The fourth-order valence-electron chi connectivity index (χ4n) is 2.57. The first-order chi connectivity index (χ1) is 13.6. The number of thiazole rings is 1. The lowest BCUT2D eigenvalue weighted by Gasteiger charge is -2.04. The van der Waals surface area contributed by atoms with E-state index in [2.05, 4.69) is 20.7 Å². The van der Waals surface area contributed by atoms with Gasteiger partial charge in [-0.15, -0.1) is 16.4 Å². The van der Waals surface area contributed by atoms with Gasteiger partial charge < -0.3 is 5.32 Å². The number of anilines is 1. The van der Waals surface area contributed by atoms with E-state index in [1.165, 1.54) is 23.5 Å². The molecule has 0 atom stereocenters. The van der Waals surface area contributed by atoms with Crippen LogP contribution < -0.4 is 10.6 Å². The zero-order valence-corrected chi connectivity index (χ0v) is 15.2. The van der Waals surface area contributed by atoms with Crippen molar-refractivity contribution in [2.24, 2.45) is 0 Å². The molecule has 0 aliphatic carbocycles. The van der Waals surface area contributed by atoms with E-state index in [1.54, 1.807) is 47.0 Å². The van der Waals surface area contributed by atoms with Gasteiger partial charge in [0.1, 0.15) is 5.82 Å². The minimum absolute atomic E-state index is 0.133. The van der Waals surface area contributed by atoms with Crippen LogP contribution in [0.15, 0.2) is 60.0 Å². The Kier molecular flexibility index (Phi) is 4.81. The quantitative estimate of drug-likeness (QED) is 0.544. The maximum Gasteiger partial charge on any atom is 0.251 e. The van der Waals surface area contributed by atoms with E-state index in [-0.39, 0.29) is 24.2 Å². The van der Waals surface area contributed by atoms with E-state index in [4.69, 9.17) is 0 Å². The Morgan fingerprint density at radius 1 is 1.07 bits per heavy atom. The average molecular weight is 395 g/mol. The van der Waals surface area contributed by atoms with Gasteiger partial charge in [-0.05, 0) is 36.4 Å². The molecule has 0 bridgehead atoms. The van der Waals surface area contributed by atoms with Crippen LogP contribution in [0.2, 0.25) is 0 Å². The Bertz CT molecular complexity index is 1140. The number of carbonyl (C=O) groups is 2. The summed E-state index contributed by atoms with van der Waals surface area (Å²) < 4.78 is 14.7. The highest BCUT2D eigenvalue weighted by molar-refractivity contribution is 7.15. The van der Waals surface area contributed by atoms with Crippen LogP contribution in [0, 0.1) is 5.82 Å². The van der Waals surface area contributed by atoms with Gasteiger partial charge in [0.05, 0.1) is 12.2 Å². The molecule has 0 aliphatic heterocycles. The largest absolute Gasteiger partial charge is 0.343 e. The monoisotopic (exact) mass is 395 g/mol. The lowest BCUT2D eigenvalue weighted by molar-refractivity contribution is -0.115. The number of hydrogen-bond acceptors (Lipinski definition) is 5. The summed E-state index contributed by atoms with van der Waals surface area (Å²) in [5.74, 6) is -0.965. The third-order valence-corrected chi connectivity index (χ3v) is 4.73. The Hall–Kier alpha value is -3.59. The van der Waals surface area contributed by atoms with E-state index < -0.39 is 5.91 Å². The molecule has 2 heterocycles. The van der Waals surface area contributed by atoms with Crippen molar-refractivity contribution in [1.82, 2.24) is 19.9 Å². The summed E-state index contributed by atoms with van der Waals surface area (Å²) in [4.78, 5) is 28.9. The normalized spacial score (nSPS) is 10.8. The van der Waals surface area contributed by atoms with Crippen molar-refractivity contribution in [3.8, 4) is 11.3 Å². The van der Waals surface area contributed by atoms with Gasteiger partial charge in [0.25, 0.3) is 11.9 Å². The molecule has 2 aromatic heterocycles. The first-order valence-corrected chi connectivity index (χ1v) is 9.21. The van der Waals surface area contributed by atoms with Gasteiger partial charge in [0, 0.05) is 16.5 Å². The first kappa shape index (κ1) is 17.8. The standard InChI is InChI=1S/C19H14FN5O2S/c20-14-8-6-12(7-9-14)15-11-28-19-23-18(24-25(15)19)22-16(26)10-21-17(27)13-4-2-1-3-5-13/h1-9,11H,10H2,(H,21,27)(H,22,24,26). The van der Waals surface area contributed by atoms with Crippen LogP contribution in [0.4, 0.5) is 10.3 Å². The third kappa shape index (κ3) is 3.74. The highest BCUT2D eigenvalue weighted by Gasteiger charge is 2.14. The van der Waals surface area contributed by atoms with Gasteiger partial charge in [-0.25, -0.2) is 8.91 Å². The Balaban J connectivity index is 1.43. The lowest BCUT2D eigenvalue weighted by Crippen LogP contribution is -2.33. The van der Waals surface area contributed by atoms with Crippen LogP contribution in [0.3, 0.4) is 0 Å². The van der Waals surface area contributed by atoms with Crippen molar-refractivity contribution >= 4 is 34.1 Å². The molecule has 0 saturated carbocycles. The minimum atomic E-state index is -0.439. The molecule has 4 aromatic rings. The number of fused-ring (bicyclic) bond motifs is 1. The van der Waals surface area contributed by atoms with Crippen LogP contribution >= 0.6 is 11.3 Å². The molecule has 0 saturated heterocycles. The number of rotatable bonds is 5. The van der Waals surface area contributed by atoms with Crippen molar-refractivity contribution in [3.05, 3.63) is 71.4 Å². The summed E-state index contributed by atoms with van der Waals surface area (Å²) in [6, 6.07) is 14.7. The minimum Gasteiger partial charge on any atom is -0.343 e. The van der Waals surface area contributed by atoms with Gasteiger partial charge in [-0.3, -0.25) is 14.9 Å². The summed E-state index contributed by atoms with van der Waals surface area (Å²) in [5, 5.41) is 11.2. The predicted molar refractivity (Wildman–Crippen MR) is 104 cm³/mol. The van der Waals surface area contributed by atoms with Crippen LogP contribution in [-0.2, 0) is 4.79 Å². The van der Waals surface area contributed by atoms with Crippen LogP contribution in [0.25, 0.3) is 16.2 Å². The molecule has 28 heavy (non-hydrogen) atoms. The highest BCUT2D eigenvalue weighted by atomic mass is 32.1. The number of benzene rings is 2. The Morgan fingerprint density at radius 2 is 1.82 bits per heavy atom. The fourth-order valence-corrected chi connectivity index (χ4v) is 3.41. The molecule has 0 fully saturated rings. The van der Waals surface area contributed by atoms with Crippen molar-refractivity contribution < 1.29 is 14.0 Å². The summed E-state index contributed by atoms with van der Waals surface area (Å²) in [5.41, 5.74) is 2.00. The molecule has 140 valence electrons. The van der Waals surface area contributed by atoms with Gasteiger partial charge in [0.2, 0.25) is 10.9 Å². The molecule has 0 unspecified atom stereocenters. The second-order valence-electron chi connectivity index (χ2n) is 5.85. The van der Waals surface area contributed by atoms with Gasteiger partial charge >= 0.3 is 0 Å². The number of amides is 2. The molecule has 2 N–H and O–H groups in total. The van der Waals surface area contributed by atoms with E-state index in [0.29, 0.717) is 10.5 Å². The second-order valence-corrected chi connectivity index (χ2v) is 6.69. The lowest BCUT2D eigenvalue weighted by atomic mass is 10.2.